The van der Waals surface area contributed by atoms with Gasteiger partial charge in [0.15, 0.2) is 0 Å². The molecule has 0 atom stereocenters. The molecule has 1 aromatic carbocycles. The molecule has 0 unspecified atom stereocenters. The molecular formula is C19H20F3N5O4. The molecule has 2 N–H and O–H groups in total. The third kappa shape index (κ3) is 5.84. The highest BCUT2D eigenvalue weighted by molar-refractivity contribution is 6.03. The van der Waals surface area contributed by atoms with E-state index in [1.807, 2.05) is 42.7 Å². The number of carbonyl (C=O) groups is 2. The molecule has 0 fully saturated rings. The van der Waals surface area contributed by atoms with Crippen LogP contribution in [-0.2, 0) is 11.8 Å². The van der Waals surface area contributed by atoms with Crippen LogP contribution in [0.5, 0.6) is 5.88 Å². The van der Waals surface area contributed by atoms with Crippen LogP contribution in [0, 0.1) is 13.8 Å². The second kappa shape index (κ2) is 9.32. The van der Waals surface area contributed by atoms with Crippen molar-refractivity contribution in [1.29, 1.82) is 0 Å². The lowest BCUT2D eigenvalue weighted by Gasteiger charge is -2.08. The van der Waals surface area contributed by atoms with Crippen LogP contribution in [0.2, 0.25) is 0 Å². The average Bonchev–Trinajstić information content (AvgIpc) is 3.24. The first kappa shape index (κ1) is 23.4. The van der Waals surface area contributed by atoms with E-state index in [2.05, 4.69) is 15.4 Å². The van der Waals surface area contributed by atoms with Crippen molar-refractivity contribution in [2.45, 2.75) is 20.0 Å². The van der Waals surface area contributed by atoms with Gasteiger partial charge in [0.1, 0.15) is 5.69 Å². The zero-order chi connectivity index (χ0) is 23.3. The highest BCUT2D eigenvalue weighted by Gasteiger charge is 2.38. The van der Waals surface area contributed by atoms with Crippen molar-refractivity contribution in [1.82, 2.24) is 19.3 Å². The van der Waals surface area contributed by atoms with E-state index < -0.39 is 12.1 Å². The second-order valence-electron chi connectivity index (χ2n) is 6.28. The van der Waals surface area contributed by atoms with E-state index >= 15 is 0 Å². The summed E-state index contributed by atoms with van der Waals surface area (Å²) in [5.41, 5.74) is 4.22. The summed E-state index contributed by atoms with van der Waals surface area (Å²) < 4.78 is 40.3. The van der Waals surface area contributed by atoms with E-state index in [4.69, 9.17) is 14.6 Å². The van der Waals surface area contributed by atoms with E-state index in [0.29, 0.717) is 17.3 Å². The van der Waals surface area contributed by atoms with Gasteiger partial charge in [-0.15, -0.1) is 5.10 Å². The van der Waals surface area contributed by atoms with Gasteiger partial charge >= 0.3 is 12.1 Å². The molecule has 166 valence electrons. The molecule has 12 heteroatoms. The predicted molar refractivity (Wildman–Crippen MR) is 104 cm³/mol. The normalized spacial score (nSPS) is 10.8. The Kier molecular flexibility index (Phi) is 7.05. The van der Waals surface area contributed by atoms with E-state index in [1.165, 1.54) is 11.8 Å². The van der Waals surface area contributed by atoms with Crippen molar-refractivity contribution in [3.05, 3.63) is 53.7 Å². The SMILES string of the molecule is COc1cc(C(=O)Nc2ccc(-n3cnc(C)c3C)cc2)n(C)n1.O=C(O)C(F)(F)F. The number of aliphatic carboxylic acids is 1. The molecular weight excluding hydrogens is 419 g/mol. The van der Waals surface area contributed by atoms with Gasteiger partial charge in [0.05, 0.1) is 19.1 Å². The monoisotopic (exact) mass is 439 g/mol. The molecule has 2 aromatic heterocycles. The van der Waals surface area contributed by atoms with E-state index in [1.54, 1.807) is 19.4 Å². The molecule has 0 aliphatic carbocycles. The number of carboxylic acids is 1. The summed E-state index contributed by atoms with van der Waals surface area (Å²) in [6.07, 6.45) is -3.29. The fourth-order valence-corrected chi connectivity index (χ4v) is 2.41. The fourth-order valence-electron chi connectivity index (χ4n) is 2.41. The molecule has 0 aliphatic rings. The number of nitrogens with one attached hydrogen (secondary N) is 1. The molecule has 3 rings (SSSR count). The highest BCUT2D eigenvalue weighted by Crippen LogP contribution is 2.18. The number of rotatable bonds is 4. The van der Waals surface area contributed by atoms with Crippen molar-refractivity contribution in [3.8, 4) is 11.6 Å². The van der Waals surface area contributed by atoms with Gasteiger partial charge in [-0.3, -0.25) is 9.48 Å². The van der Waals surface area contributed by atoms with Gasteiger partial charge in [-0.05, 0) is 38.1 Å². The smallest absolute Gasteiger partial charge is 0.480 e. The number of carboxylic acid groups (broad SMARTS) is 1. The Bertz CT molecular complexity index is 1070. The van der Waals surface area contributed by atoms with Crippen molar-refractivity contribution in [3.63, 3.8) is 0 Å². The number of hydrogen-bond acceptors (Lipinski definition) is 5. The summed E-state index contributed by atoms with van der Waals surface area (Å²) in [5.74, 6) is -2.59. The molecule has 0 saturated carbocycles. The molecule has 2 heterocycles. The third-order valence-electron chi connectivity index (χ3n) is 4.20. The number of aryl methyl sites for hydroxylation is 2. The maximum atomic E-state index is 12.3. The van der Waals surface area contributed by atoms with Crippen LogP contribution in [-0.4, -0.2) is 49.6 Å². The number of carbonyl (C=O) groups excluding carboxylic acids is 1. The summed E-state index contributed by atoms with van der Waals surface area (Å²) in [6.45, 7) is 4.00. The lowest BCUT2D eigenvalue weighted by molar-refractivity contribution is -0.192. The minimum absolute atomic E-state index is 0.240. The van der Waals surface area contributed by atoms with Crippen molar-refractivity contribution in [2.75, 3.05) is 12.4 Å². The average molecular weight is 439 g/mol. The lowest BCUT2D eigenvalue weighted by atomic mass is 10.2. The number of methoxy groups -OCH3 is 1. The van der Waals surface area contributed by atoms with E-state index in [0.717, 1.165) is 17.1 Å². The van der Waals surface area contributed by atoms with E-state index in [-0.39, 0.29) is 5.91 Å². The van der Waals surface area contributed by atoms with Crippen molar-refractivity contribution in [2.24, 2.45) is 7.05 Å². The number of halogens is 3. The molecule has 3 aromatic rings. The minimum Gasteiger partial charge on any atom is -0.480 e. The number of hydrogen-bond donors (Lipinski definition) is 2. The Balaban J connectivity index is 0.000000423. The fraction of sp³-hybridized carbons (Fsp3) is 0.263. The molecule has 0 radical (unpaired) electrons. The van der Waals surface area contributed by atoms with Gasteiger partial charge in [-0.25, -0.2) is 9.78 Å². The van der Waals surface area contributed by atoms with Crippen LogP contribution in [0.15, 0.2) is 36.7 Å². The van der Waals surface area contributed by atoms with Gasteiger partial charge in [0, 0.05) is 30.2 Å². The molecule has 9 nitrogen and oxygen atoms in total. The number of benzene rings is 1. The molecule has 31 heavy (non-hydrogen) atoms. The van der Waals surface area contributed by atoms with Crippen LogP contribution in [0.4, 0.5) is 18.9 Å². The molecule has 0 saturated heterocycles. The number of alkyl halides is 3. The second-order valence-corrected chi connectivity index (χ2v) is 6.28. The first-order valence-electron chi connectivity index (χ1n) is 8.74. The zero-order valence-corrected chi connectivity index (χ0v) is 17.1. The quantitative estimate of drug-likeness (QED) is 0.646. The summed E-state index contributed by atoms with van der Waals surface area (Å²) in [7, 11) is 3.22. The standard InChI is InChI=1S/C17H19N5O2.C2HF3O2/c1-11-12(2)22(10-18-11)14-7-5-13(6-8-14)19-17(23)15-9-16(24-4)20-21(15)3;3-2(4,5)1(6)7/h5-10H,1-4H3,(H,19,23);(H,6,7). The zero-order valence-electron chi connectivity index (χ0n) is 17.1. The highest BCUT2D eigenvalue weighted by atomic mass is 19.4. The largest absolute Gasteiger partial charge is 0.490 e. The van der Waals surface area contributed by atoms with Crippen molar-refractivity contribution < 1.29 is 32.6 Å². The van der Waals surface area contributed by atoms with Gasteiger partial charge in [0.25, 0.3) is 5.91 Å². The Labute approximate surface area is 175 Å². The first-order chi connectivity index (χ1) is 14.4. The number of ether oxygens (including phenoxy) is 1. The van der Waals surface area contributed by atoms with Gasteiger partial charge in [-0.2, -0.15) is 13.2 Å². The van der Waals surface area contributed by atoms with Crippen LogP contribution < -0.4 is 10.1 Å². The van der Waals surface area contributed by atoms with Crippen LogP contribution in [0.3, 0.4) is 0 Å². The van der Waals surface area contributed by atoms with Crippen molar-refractivity contribution >= 4 is 17.6 Å². The molecule has 0 aliphatic heterocycles. The topological polar surface area (TPSA) is 111 Å². The van der Waals surface area contributed by atoms with Gasteiger partial charge in [-0.1, -0.05) is 0 Å². The molecule has 1 amide bonds. The third-order valence-corrected chi connectivity index (χ3v) is 4.20. The van der Waals surface area contributed by atoms with Gasteiger partial charge < -0.3 is 19.7 Å². The van der Waals surface area contributed by atoms with Gasteiger partial charge in [0.2, 0.25) is 5.88 Å². The summed E-state index contributed by atoms with van der Waals surface area (Å²) in [5, 5.41) is 14.1. The first-order valence-corrected chi connectivity index (χ1v) is 8.74. The maximum absolute atomic E-state index is 12.3. The Hall–Kier alpha value is -3.83. The Morgan fingerprint density at radius 2 is 1.74 bits per heavy atom. The molecule has 0 bridgehead atoms. The van der Waals surface area contributed by atoms with E-state index in [9.17, 15) is 18.0 Å². The molecule has 0 spiro atoms. The number of aromatic nitrogens is 4. The number of anilines is 1. The predicted octanol–water partition coefficient (Wildman–Crippen LogP) is 3.12. The Morgan fingerprint density at radius 3 is 2.16 bits per heavy atom. The lowest BCUT2D eigenvalue weighted by Crippen LogP contribution is -2.21. The summed E-state index contributed by atoms with van der Waals surface area (Å²) in [4.78, 5) is 25.5. The number of amides is 1. The summed E-state index contributed by atoms with van der Waals surface area (Å²) in [6, 6.07) is 9.19. The van der Waals surface area contributed by atoms with Crippen LogP contribution in [0.25, 0.3) is 5.69 Å². The van der Waals surface area contributed by atoms with Crippen LogP contribution in [0.1, 0.15) is 21.9 Å². The number of imidazole rings is 1. The summed E-state index contributed by atoms with van der Waals surface area (Å²) >= 11 is 0. The van der Waals surface area contributed by atoms with Crippen LogP contribution >= 0.6 is 0 Å². The number of nitrogens with zero attached hydrogens (tertiary/aromatic N) is 4. The minimum atomic E-state index is -5.08. The Morgan fingerprint density at radius 1 is 1.16 bits per heavy atom. The maximum Gasteiger partial charge on any atom is 0.490 e.